The van der Waals surface area contributed by atoms with Gasteiger partial charge in [0.15, 0.2) is 0 Å². The SMILES string of the molecule is c1ccc(-c2cc3c4ccccc4c(-c4ccc5cc(-c6cc7ccccc7c7ccccc67)ccc5c4)cc3c3ccccc23)cc1. The number of rotatable bonds is 3. The van der Waals surface area contributed by atoms with Crippen molar-refractivity contribution in [3.8, 4) is 33.4 Å². The molecule has 0 aliphatic heterocycles. The molecule has 0 bridgehead atoms. The molecule has 0 saturated carbocycles. The van der Waals surface area contributed by atoms with E-state index in [1.54, 1.807) is 0 Å². The summed E-state index contributed by atoms with van der Waals surface area (Å²) in [6.45, 7) is 0. The minimum absolute atomic E-state index is 1.24. The Kier molecular flexibility index (Phi) is 5.98. The Bertz CT molecular complexity index is 2880. The van der Waals surface area contributed by atoms with Gasteiger partial charge in [0, 0.05) is 0 Å². The molecule has 0 radical (unpaired) electrons. The van der Waals surface area contributed by atoms with Gasteiger partial charge in [-0.1, -0.05) is 152 Å². The molecule has 0 atom stereocenters. The molecular formula is C48H30. The van der Waals surface area contributed by atoms with Gasteiger partial charge in [-0.25, -0.2) is 0 Å². The van der Waals surface area contributed by atoms with Gasteiger partial charge in [-0.2, -0.15) is 0 Å². The van der Waals surface area contributed by atoms with E-state index >= 15 is 0 Å². The average Bonchev–Trinajstić information content (AvgIpc) is 3.17. The number of fused-ring (bicyclic) bond motifs is 9. The van der Waals surface area contributed by atoms with Gasteiger partial charge in [-0.05, 0) is 128 Å². The van der Waals surface area contributed by atoms with Crippen LogP contribution in [0.3, 0.4) is 0 Å². The Morgan fingerprint density at radius 2 is 0.583 bits per heavy atom. The molecule has 0 saturated heterocycles. The van der Waals surface area contributed by atoms with Crippen LogP contribution in [0.4, 0.5) is 0 Å². The molecule has 0 unspecified atom stereocenters. The maximum absolute atomic E-state index is 2.42. The molecule has 0 heteroatoms. The maximum Gasteiger partial charge on any atom is -0.00923 e. The molecule has 10 rings (SSSR count). The molecule has 10 aromatic rings. The van der Waals surface area contributed by atoms with Crippen LogP contribution in [0.1, 0.15) is 0 Å². The van der Waals surface area contributed by atoms with Crippen molar-refractivity contribution in [2.24, 2.45) is 0 Å². The average molecular weight is 607 g/mol. The first-order chi connectivity index (χ1) is 23.8. The lowest BCUT2D eigenvalue weighted by Gasteiger charge is -2.16. The van der Waals surface area contributed by atoms with Crippen molar-refractivity contribution in [3.05, 3.63) is 182 Å². The lowest BCUT2D eigenvalue weighted by atomic mass is 9.87. The molecule has 0 spiro atoms. The van der Waals surface area contributed by atoms with E-state index in [4.69, 9.17) is 0 Å². The quantitative estimate of drug-likeness (QED) is 0.176. The van der Waals surface area contributed by atoms with Gasteiger partial charge < -0.3 is 0 Å². The standard InChI is InChI=1S/C48H30/c1-2-12-31(13-3-1)45-29-47-43-21-11-9-19-41(43)46(30-48(47)42-20-10-8-18-40(42)45)36-25-23-32-26-35(24-22-33(32)27-36)44-28-34-14-4-5-15-37(34)38-16-6-7-17-39(38)44/h1-30H. The summed E-state index contributed by atoms with van der Waals surface area (Å²) in [6, 6.07) is 67.1. The van der Waals surface area contributed by atoms with E-state index in [1.165, 1.54) is 98.0 Å². The Morgan fingerprint density at radius 1 is 0.188 bits per heavy atom. The van der Waals surface area contributed by atoms with E-state index in [1.807, 2.05) is 0 Å². The van der Waals surface area contributed by atoms with Crippen LogP contribution in [0.2, 0.25) is 0 Å². The Morgan fingerprint density at radius 3 is 1.12 bits per heavy atom. The van der Waals surface area contributed by atoms with Crippen molar-refractivity contribution < 1.29 is 0 Å². The lowest BCUT2D eigenvalue weighted by molar-refractivity contribution is 1.66. The van der Waals surface area contributed by atoms with Gasteiger partial charge in [0.2, 0.25) is 0 Å². The molecule has 0 nitrogen and oxygen atoms in total. The Balaban J connectivity index is 1.17. The van der Waals surface area contributed by atoms with E-state index in [2.05, 4.69) is 182 Å². The normalized spacial score (nSPS) is 11.8. The molecule has 0 heterocycles. The second-order valence-electron chi connectivity index (χ2n) is 12.9. The fraction of sp³-hybridized carbons (Fsp3) is 0. The molecule has 0 aromatic heterocycles. The Hall–Kier alpha value is -6.24. The van der Waals surface area contributed by atoms with Gasteiger partial charge in [0.1, 0.15) is 0 Å². The zero-order valence-electron chi connectivity index (χ0n) is 26.3. The van der Waals surface area contributed by atoms with Gasteiger partial charge in [0.25, 0.3) is 0 Å². The Labute approximate surface area is 279 Å². The number of hydrogen-bond acceptors (Lipinski definition) is 0. The van der Waals surface area contributed by atoms with E-state index in [0.717, 1.165) is 0 Å². The molecular weight excluding hydrogens is 577 g/mol. The van der Waals surface area contributed by atoms with Crippen molar-refractivity contribution in [1.82, 2.24) is 0 Å². The first kappa shape index (κ1) is 26.9. The van der Waals surface area contributed by atoms with Crippen LogP contribution in [0.25, 0.3) is 98.0 Å². The van der Waals surface area contributed by atoms with Crippen molar-refractivity contribution in [1.29, 1.82) is 0 Å². The largest absolute Gasteiger partial charge is 0.0622 e. The van der Waals surface area contributed by atoms with Gasteiger partial charge in [0.05, 0.1) is 0 Å². The molecule has 222 valence electrons. The van der Waals surface area contributed by atoms with Gasteiger partial charge in [-0.15, -0.1) is 0 Å². The summed E-state index contributed by atoms with van der Waals surface area (Å²) >= 11 is 0. The lowest BCUT2D eigenvalue weighted by Crippen LogP contribution is -1.89. The summed E-state index contributed by atoms with van der Waals surface area (Å²) in [7, 11) is 0. The highest BCUT2D eigenvalue weighted by Crippen LogP contribution is 2.43. The van der Waals surface area contributed by atoms with Crippen LogP contribution in [0, 0.1) is 0 Å². The monoisotopic (exact) mass is 606 g/mol. The van der Waals surface area contributed by atoms with E-state index in [9.17, 15) is 0 Å². The second kappa shape index (κ2) is 10.7. The fourth-order valence-electron chi connectivity index (χ4n) is 7.92. The molecule has 0 aliphatic carbocycles. The number of hydrogen-bond donors (Lipinski definition) is 0. The molecule has 0 N–H and O–H groups in total. The predicted octanol–water partition coefficient (Wildman–Crippen LogP) is 13.6. The van der Waals surface area contributed by atoms with Gasteiger partial charge >= 0.3 is 0 Å². The summed E-state index contributed by atoms with van der Waals surface area (Å²) < 4.78 is 0. The van der Waals surface area contributed by atoms with Gasteiger partial charge in [-0.3, -0.25) is 0 Å². The highest BCUT2D eigenvalue weighted by Gasteiger charge is 2.15. The first-order valence-electron chi connectivity index (χ1n) is 16.7. The topological polar surface area (TPSA) is 0 Å². The van der Waals surface area contributed by atoms with Crippen LogP contribution < -0.4 is 0 Å². The predicted molar refractivity (Wildman–Crippen MR) is 208 cm³/mol. The summed E-state index contributed by atoms with van der Waals surface area (Å²) in [5.41, 5.74) is 7.54. The fourth-order valence-corrected chi connectivity index (χ4v) is 7.92. The van der Waals surface area contributed by atoms with Crippen LogP contribution in [-0.4, -0.2) is 0 Å². The summed E-state index contributed by atoms with van der Waals surface area (Å²) in [5, 5.41) is 15.4. The zero-order valence-corrected chi connectivity index (χ0v) is 26.3. The smallest absolute Gasteiger partial charge is 0.00923 e. The van der Waals surface area contributed by atoms with Crippen LogP contribution in [-0.2, 0) is 0 Å². The minimum atomic E-state index is 1.24. The third kappa shape index (κ3) is 4.16. The first-order valence-corrected chi connectivity index (χ1v) is 16.7. The molecule has 0 aliphatic rings. The van der Waals surface area contributed by atoms with E-state index in [-0.39, 0.29) is 0 Å². The third-order valence-electron chi connectivity index (χ3n) is 10.2. The highest BCUT2D eigenvalue weighted by molar-refractivity contribution is 6.24. The minimum Gasteiger partial charge on any atom is -0.0622 e. The maximum atomic E-state index is 2.42. The number of benzene rings is 10. The van der Waals surface area contributed by atoms with Crippen LogP contribution in [0.5, 0.6) is 0 Å². The second-order valence-corrected chi connectivity index (χ2v) is 12.9. The van der Waals surface area contributed by atoms with Crippen molar-refractivity contribution in [3.63, 3.8) is 0 Å². The van der Waals surface area contributed by atoms with Crippen LogP contribution in [0.15, 0.2) is 182 Å². The van der Waals surface area contributed by atoms with Crippen molar-refractivity contribution in [2.75, 3.05) is 0 Å². The molecule has 0 amide bonds. The summed E-state index contributed by atoms with van der Waals surface area (Å²) in [5.74, 6) is 0. The molecule has 0 fully saturated rings. The highest BCUT2D eigenvalue weighted by atomic mass is 14.2. The van der Waals surface area contributed by atoms with E-state index < -0.39 is 0 Å². The summed E-state index contributed by atoms with van der Waals surface area (Å²) in [6.07, 6.45) is 0. The van der Waals surface area contributed by atoms with Crippen LogP contribution >= 0.6 is 0 Å². The summed E-state index contributed by atoms with van der Waals surface area (Å²) in [4.78, 5) is 0. The van der Waals surface area contributed by atoms with Crippen molar-refractivity contribution >= 4 is 64.6 Å². The van der Waals surface area contributed by atoms with E-state index in [0.29, 0.717) is 0 Å². The zero-order chi connectivity index (χ0) is 31.6. The third-order valence-corrected chi connectivity index (χ3v) is 10.2. The van der Waals surface area contributed by atoms with Crippen molar-refractivity contribution in [2.45, 2.75) is 0 Å². The molecule has 10 aromatic carbocycles. The molecule has 48 heavy (non-hydrogen) atoms.